The third kappa shape index (κ3) is 2.40. The second-order valence-corrected chi connectivity index (χ2v) is 5.50. The van der Waals surface area contributed by atoms with Gasteiger partial charge in [0, 0.05) is 11.8 Å². The maximum Gasteiger partial charge on any atom is 0.264 e. The van der Waals surface area contributed by atoms with E-state index < -0.39 is 0 Å². The van der Waals surface area contributed by atoms with Gasteiger partial charge >= 0.3 is 0 Å². The predicted molar refractivity (Wildman–Crippen MR) is 87.1 cm³/mol. The van der Waals surface area contributed by atoms with Gasteiger partial charge in [-0.05, 0) is 51.6 Å². The molecule has 1 aromatic heterocycles. The first-order chi connectivity index (χ1) is 9.67. The summed E-state index contributed by atoms with van der Waals surface area (Å²) in [5, 5.41) is 2.16. The molecule has 3 aromatic rings. The third-order valence-electron chi connectivity index (χ3n) is 3.08. The number of H-pyrrole nitrogens is 1. The molecule has 1 heterocycles. The Labute approximate surface area is 129 Å². The van der Waals surface area contributed by atoms with Crippen LogP contribution < -0.4 is 10.3 Å². The van der Waals surface area contributed by atoms with Gasteiger partial charge in [-0.2, -0.15) is 0 Å². The molecular weight excluding hydrogens is 367 g/mol. The number of nitrogens with one attached hydrogen (secondary N) is 1. The fourth-order valence-corrected chi connectivity index (χ4v) is 2.30. The number of rotatable bonds is 2. The smallest absolute Gasteiger partial charge is 0.264 e. The molecule has 0 atom stereocenters. The lowest BCUT2D eigenvalue weighted by Gasteiger charge is -2.05. The average molecular weight is 378 g/mol. The Morgan fingerprint density at radius 1 is 1.15 bits per heavy atom. The third-order valence-corrected chi connectivity index (χ3v) is 3.85. The molecule has 0 amide bonds. The van der Waals surface area contributed by atoms with E-state index in [-0.39, 0.29) is 5.56 Å². The Balaban J connectivity index is 2.12. The van der Waals surface area contributed by atoms with E-state index >= 15 is 0 Å². The monoisotopic (exact) mass is 378 g/mol. The molecule has 5 heteroatoms. The molecule has 100 valence electrons. The maximum absolute atomic E-state index is 11.6. The summed E-state index contributed by atoms with van der Waals surface area (Å²) < 4.78 is 5.79. The fraction of sp³-hybridized carbons (Fsp3) is 0.0667. The van der Waals surface area contributed by atoms with E-state index in [1.807, 2.05) is 59.0 Å². The summed E-state index contributed by atoms with van der Waals surface area (Å²) in [5.74, 6) is 1.40. The van der Waals surface area contributed by atoms with Crippen LogP contribution >= 0.6 is 22.6 Å². The van der Waals surface area contributed by atoms with E-state index in [1.165, 1.54) is 0 Å². The predicted octanol–water partition coefficient (Wildman–Crippen LogP) is 3.20. The Hall–Kier alpha value is -1.89. The number of nitrogens with zero attached hydrogens (tertiary/aromatic N) is 1. The Bertz CT molecular complexity index is 843. The fourth-order valence-electron chi connectivity index (χ4n) is 2.02. The molecule has 0 bridgehead atoms. The highest BCUT2D eigenvalue weighted by Crippen LogP contribution is 2.25. The van der Waals surface area contributed by atoms with Crippen molar-refractivity contribution < 1.29 is 4.74 Å². The van der Waals surface area contributed by atoms with Crippen LogP contribution in [0.3, 0.4) is 0 Å². The summed E-state index contributed by atoms with van der Waals surface area (Å²) in [5.41, 5.74) is 0.765. The van der Waals surface area contributed by atoms with Crippen molar-refractivity contribution in [2.45, 2.75) is 0 Å². The summed E-state index contributed by atoms with van der Waals surface area (Å²) in [7, 11) is 1.65. The van der Waals surface area contributed by atoms with E-state index in [1.54, 1.807) is 13.3 Å². The van der Waals surface area contributed by atoms with E-state index in [0.717, 1.165) is 22.1 Å². The number of aromatic amines is 1. The van der Waals surface area contributed by atoms with Crippen LogP contribution in [0.5, 0.6) is 5.75 Å². The average Bonchev–Trinajstić information content (AvgIpc) is 2.49. The van der Waals surface area contributed by atoms with Crippen molar-refractivity contribution >= 4 is 33.4 Å². The van der Waals surface area contributed by atoms with Crippen LogP contribution in [0.2, 0.25) is 0 Å². The second kappa shape index (κ2) is 5.24. The summed E-state index contributed by atoms with van der Waals surface area (Å²) in [6.45, 7) is 0. The number of hydrogen-bond donors (Lipinski definition) is 1. The number of halogens is 1. The van der Waals surface area contributed by atoms with Gasteiger partial charge in [0.1, 0.15) is 11.6 Å². The molecule has 4 nitrogen and oxygen atoms in total. The van der Waals surface area contributed by atoms with E-state index in [9.17, 15) is 4.79 Å². The van der Waals surface area contributed by atoms with Gasteiger partial charge < -0.3 is 9.72 Å². The van der Waals surface area contributed by atoms with Crippen molar-refractivity contribution in [3.63, 3.8) is 0 Å². The molecule has 0 unspecified atom stereocenters. The van der Waals surface area contributed by atoms with Crippen molar-refractivity contribution in [2.24, 2.45) is 0 Å². The minimum atomic E-state index is -0.120. The largest absolute Gasteiger partial charge is 0.497 e. The zero-order valence-corrected chi connectivity index (χ0v) is 12.8. The van der Waals surface area contributed by atoms with Gasteiger partial charge in [0.15, 0.2) is 0 Å². The topological polar surface area (TPSA) is 55.0 Å². The molecule has 20 heavy (non-hydrogen) atoms. The van der Waals surface area contributed by atoms with Gasteiger partial charge in [-0.1, -0.05) is 18.2 Å². The van der Waals surface area contributed by atoms with Gasteiger partial charge in [-0.3, -0.25) is 4.79 Å². The molecule has 0 aliphatic carbocycles. The Kier molecular flexibility index (Phi) is 3.43. The highest BCUT2D eigenvalue weighted by Gasteiger charge is 2.04. The summed E-state index contributed by atoms with van der Waals surface area (Å²) in [6.07, 6.45) is 1.58. The van der Waals surface area contributed by atoms with Crippen molar-refractivity contribution in [3.8, 4) is 17.1 Å². The molecule has 0 fully saturated rings. The summed E-state index contributed by atoms with van der Waals surface area (Å²) in [6, 6.07) is 11.8. The van der Waals surface area contributed by atoms with Crippen molar-refractivity contribution in [1.29, 1.82) is 0 Å². The number of fused-ring (bicyclic) bond motifs is 1. The first-order valence-electron chi connectivity index (χ1n) is 6.00. The van der Waals surface area contributed by atoms with Gasteiger partial charge in [-0.25, -0.2) is 4.98 Å². The normalized spacial score (nSPS) is 10.7. The van der Waals surface area contributed by atoms with Crippen molar-refractivity contribution in [1.82, 2.24) is 9.97 Å². The first kappa shape index (κ1) is 13.1. The summed E-state index contributed by atoms with van der Waals surface area (Å²) in [4.78, 5) is 18.7. The highest BCUT2D eigenvalue weighted by atomic mass is 127. The van der Waals surface area contributed by atoms with Gasteiger partial charge in [0.2, 0.25) is 0 Å². The molecule has 0 saturated carbocycles. The standard InChI is InChI=1S/C15H11IN2O2/c1-20-12-5-4-9-6-11(3-2-10(9)7-12)14-17-8-13(16)15(19)18-14/h2-8H,1H3,(H,17,18,19). The van der Waals surface area contributed by atoms with Gasteiger partial charge in [0.25, 0.3) is 5.56 Å². The van der Waals surface area contributed by atoms with Crippen LogP contribution in [0.15, 0.2) is 47.4 Å². The minimum Gasteiger partial charge on any atom is -0.497 e. The number of hydrogen-bond acceptors (Lipinski definition) is 3. The van der Waals surface area contributed by atoms with E-state index in [2.05, 4.69) is 9.97 Å². The van der Waals surface area contributed by atoms with Crippen LogP contribution in [0.1, 0.15) is 0 Å². The van der Waals surface area contributed by atoms with E-state index in [0.29, 0.717) is 9.39 Å². The van der Waals surface area contributed by atoms with Crippen LogP contribution in [0.4, 0.5) is 0 Å². The lowest BCUT2D eigenvalue weighted by Crippen LogP contribution is -2.11. The molecule has 1 N–H and O–H groups in total. The number of methoxy groups -OCH3 is 1. The van der Waals surface area contributed by atoms with Crippen LogP contribution in [-0.4, -0.2) is 17.1 Å². The lowest BCUT2D eigenvalue weighted by atomic mass is 10.1. The van der Waals surface area contributed by atoms with E-state index in [4.69, 9.17) is 4.74 Å². The molecule has 0 saturated heterocycles. The van der Waals surface area contributed by atoms with Crippen LogP contribution in [0.25, 0.3) is 22.2 Å². The highest BCUT2D eigenvalue weighted by molar-refractivity contribution is 14.1. The zero-order chi connectivity index (χ0) is 14.1. The quantitative estimate of drug-likeness (QED) is 0.697. The maximum atomic E-state index is 11.6. The molecule has 0 aliphatic heterocycles. The van der Waals surface area contributed by atoms with Crippen molar-refractivity contribution in [2.75, 3.05) is 7.11 Å². The summed E-state index contributed by atoms with van der Waals surface area (Å²) >= 11 is 1.96. The van der Waals surface area contributed by atoms with Crippen molar-refractivity contribution in [3.05, 3.63) is 56.5 Å². The molecule has 0 radical (unpaired) electrons. The first-order valence-corrected chi connectivity index (χ1v) is 7.08. The molecule has 2 aromatic carbocycles. The SMILES string of the molecule is COc1ccc2cc(-c3ncc(I)c(=O)[nH]3)ccc2c1. The Morgan fingerprint density at radius 3 is 2.65 bits per heavy atom. The van der Waals surface area contributed by atoms with Gasteiger partial charge in [0.05, 0.1) is 10.7 Å². The Morgan fingerprint density at radius 2 is 1.90 bits per heavy atom. The second-order valence-electron chi connectivity index (χ2n) is 4.34. The van der Waals surface area contributed by atoms with Crippen LogP contribution in [0, 0.1) is 3.57 Å². The molecule has 0 aliphatic rings. The zero-order valence-electron chi connectivity index (χ0n) is 10.7. The minimum absolute atomic E-state index is 0.120. The number of ether oxygens (including phenoxy) is 1. The van der Waals surface area contributed by atoms with Crippen LogP contribution in [-0.2, 0) is 0 Å². The lowest BCUT2D eigenvalue weighted by molar-refractivity contribution is 0.415. The van der Waals surface area contributed by atoms with Gasteiger partial charge in [-0.15, -0.1) is 0 Å². The number of aromatic nitrogens is 2. The molecular formula is C15H11IN2O2. The molecule has 0 spiro atoms. The molecule has 3 rings (SSSR count). The number of benzene rings is 2.